The molecule has 2 bridgehead atoms. The van der Waals surface area contributed by atoms with E-state index in [2.05, 4.69) is 78.5 Å². The number of allylic oxidation sites excluding steroid dienone is 6. The first-order valence-electron chi connectivity index (χ1n) is 10.5. The largest absolute Gasteiger partial charge is 0.192 e. The fourth-order valence-corrected chi connectivity index (χ4v) is 5.79. The summed E-state index contributed by atoms with van der Waals surface area (Å²) in [6.07, 6.45) is 14.8. The first-order chi connectivity index (χ1) is 13.3. The molecule has 3 unspecified atom stereocenters. The Kier molecular flexibility index (Phi) is 5.53. The van der Waals surface area contributed by atoms with Crippen molar-refractivity contribution in [3.8, 4) is 6.07 Å². The Labute approximate surface area is 171 Å². The predicted molar refractivity (Wildman–Crippen MR) is 120 cm³/mol. The van der Waals surface area contributed by atoms with Crippen molar-refractivity contribution in [3.63, 3.8) is 0 Å². The molecule has 0 aliphatic heterocycles. The quantitative estimate of drug-likeness (QED) is 0.537. The number of hydrogen-bond donors (Lipinski definition) is 0. The Morgan fingerprint density at radius 2 is 2.00 bits per heavy atom. The van der Waals surface area contributed by atoms with Crippen molar-refractivity contribution in [1.82, 2.24) is 0 Å². The molecule has 2 aliphatic rings. The van der Waals surface area contributed by atoms with E-state index in [4.69, 9.17) is 0 Å². The molecule has 146 valence electrons. The second-order valence-electron chi connectivity index (χ2n) is 9.01. The molecule has 1 aromatic carbocycles. The van der Waals surface area contributed by atoms with E-state index < -0.39 is 0 Å². The average Bonchev–Trinajstić information content (AvgIpc) is 2.86. The highest BCUT2D eigenvalue weighted by Crippen LogP contribution is 2.50. The standard InChI is InChI=1S/C27H33N/c1-8-10-11-23-18(4)24-15-21-13-12-20(16-28)14-25(17(21)3)27(6,7)26(24)19(5)22(23)9-2/h8,10-14,17,21,25H,1,9,15H2,2-7H3/b11-10-. The van der Waals surface area contributed by atoms with Gasteiger partial charge >= 0.3 is 0 Å². The third-order valence-electron chi connectivity index (χ3n) is 7.23. The van der Waals surface area contributed by atoms with Crippen LogP contribution in [-0.4, -0.2) is 0 Å². The number of rotatable bonds is 3. The predicted octanol–water partition coefficient (Wildman–Crippen LogP) is 6.79. The van der Waals surface area contributed by atoms with E-state index >= 15 is 0 Å². The van der Waals surface area contributed by atoms with Crippen LogP contribution in [0.5, 0.6) is 0 Å². The van der Waals surface area contributed by atoms with Crippen LogP contribution >= 0.6 is 0 Å². The van der Waals surface area contributed by atoms with E-state index in [0.29, 0.717) is 17.8 Å². The average molecular weight is 372 g/mol. The molecule has 1 nitrogen and oxygen atoms in total. The van der Waals surface area contributed by atoms with Gasteiger partial charge in [-0.15, -0.1) is 0 Å². The Hall–Kier alpha value is -2.33. The number of nitriles is 1. The van der Waals surface area contributed by atoms with Crippen LogP contribution in [0.4, 0.5) is 0 Å². The third kappa shape index (κ3) is 3.10. The molecular weight excluding hydrogens is 338 g/mol. The van der Waals surface area contributed by atoms with Crippen molar-refractivity contribution in [1.29, 1.82) is 5.26 Å². The summed E-state index contributed by atoms with van der Waals surface area (Å²) in [6, 6.07) is 2.40. The normalized spacial score (nSPS) is 25.5. The van der Waals surface area contributed by atoms with E-state index in [0.717, 1.165) is 18.4 Å². The summed E-state index contributed by atoms with van der Waals surface area (Å²) in [6.45, 7) is 17.9. The van der Waals surface area contributed by atoms with Crippen molar-refractivity contribution in [3.05, 3.63) is 75.9 Å². The lowest BCUT2D eigenvalue weighted by molar-refractivity contribution is 0.249. The number of fused-ring (bicyclic) bond motifs is 3. The maximum absolute atomic E-state index is 9.57. The van der Waals surface area contributed by atoms with Crippen molar-refractivity contribution >= 4 is 6.08 Å². The first kappa shape index (κ1) is 20.4. The van der Waals surface area contributed by atoms with Gasteiger partial charge in [0.05, 0.1) is 6.07 Å². The minimum absolute atomic E-state index is 0.0168. The molecular formula is C27H33N. The Bertz CT molecular complexity index is 930. The maximum Gasteiger partial charge on any atom is 0.0988 e. The highest BCUT2D eigenvalue weighted by atomic mass is 14.5. The molecule has 0 saturated carbocycles. The fraction of sp³-hybridized carbons (Fsp3) is 0.444. The summed E-state index contributed by atoms with van der Waals surface area (Å²) < 4.78 is 0. The lowest BCUT2D eigenvalue weighted by Gasteiger charge is -2.38. The molecule has 0 spiro atoms. The van der Waals surface area contributed by atoms with Gasteiger partial charge < -0.3 is 0 Å². The third-order valence-corrected chi connectivity index (χ3v) is 7.23. The smallest absolute Gasteiger partial charge is 0.0988 e. The molecule has 1 heteroatoms. The second-order valence-corrected chi connectivity index (χ2v) is 9.01. The summed E-state index contributed by atoms with van der Waals surface area (Å²) in [5.74, 6) is 1.30. The van der Waals surface area contributed by atoms with Crippen LogP contribution in [0.25, 0.3) is 6.08 Å². The summed E-state index contributed by atoms with van der Waals surface area (Å²) in [5, 5.41) is 9.57. The summed E-state index contributed by atoms with van der Waals surface area (Å²) in [7, 11) is 0. The van der Waals surface area contributed by atoms with Crippen LogP contribution < -0.4 is 0 Å². The molecule has 1 aromatic rings. The SMILES string of the molecule is C=C/C=C\c1c(C)c2c(c(C)c1CC)C(C)(C)C1C=C(C#N)C=CC(C2)C1C. The lowest BCUT2D eigenvalue weighted by Crippen LogP contribution is -2.34. The highest BCUT2D eigenvalue weighted by Gasteiger charge is 2.43. The summed E-state index contributed by atoms with van der Waals surface area (Å²) in [5.41, 5.74) is 9.49. The Morgan fingerprint density at radius 3 is 2.61 bits per heavy atom. The second kappa shape index (κ2) is 7.59. The van der Waals surface area contributed by atoms with E-state index in [9.17, 15) is 5.26 Å². The van der Waals surface area contributed by atoms with Crippen molar-refractivity contribution in [2.45, 2.75) is 59.8 Å². The molecule has 0 aromatic heterocycles. The monoisotopic (exact) mass is 371 g/mol. The van der Waals surface area contributed by atoms with E-state index in [-0.39, 0.29) is 5.41 Å². The zero-order valence-electron chi connectivity index (χ0n) is 18.3. The minimum atomic E-state index is -0.0168. The van der Waals surface area contributed by atoms with Crippen LogP contribution in [0.15, 0.2) is 42.5 Å². The molecule has 0 fully saturated rings. The van der Waals surface area contributed by atoms with Crippen LogP contribution in [0.1, 0.15) is 61.1 Å². The first-order valence-corrected chi connectivity index (χ1v) is 10.5. The number of nitrogens with zero attached hydrogens (tertiary/aromatic N) is 1. The highest BCUT2D eigenvalue weighted by molar-refractivity contribution is 5.66. The van der Waals surface area contributed by atoms with Gasteiger partial charge in [0.1, 0.15) is 0 Å². The molecule has 0 radical (unpaired) electrons. The van der Waals surface area contributed by atoms with Crippen molar-refractivity contribution in [2.75, 3.05) is 0 Å². The van der Waals surface area contributed by atoms with Crippen LogP contribution in [-0.2, 0) is 18.3 Å². The van der Waals surface area contributed by atoms with Crippen LogP contribution in [0.2, 0.25) is 0 Å². The number of hydrogen-bond acceptors (Lipinski definition) is 1. The Morgan fingerprint density at radius 1 is 1.29 bits per heavy atom. The van der Waals surface area contributed by atoms with E-state index in [1.54, 1.807) is 0 Å². The molecule has 3 atom stereocenters. The maximum atomic E-state index is 9.57. The zero-order valence-corrected chi connectivity index (χ0v) is 18.3. The Balaban J connectivity index is 2.37. The van der Waals surface area contributed by atoms with Gasteiger partial charge in [0.2, 0.25) is 0 Å². The number of benzene rings is 1. The van der Waals surface area contributed by atoms with Gasteiger partial charge in [0.25, 0.3) is 0 Å². The summed E-state index contributed by atoms with van der Waals surface area (Å²) >= 11 is 0. The van der Waals surface area contributed by atoms with Gasteiger partial charge in [-0.25, -0.2) is 0 Å². The van der Waals surface area contributed by atoms with E-state index in [1.165, 1.54) is 33.4 Å². The van der Waals surface area contributed by atoms with Gasteiger partial charge in [0, 0.05) is 5.57 Å². The van der Waals surface area contributed by atoms with Gasteiger partial charge in [-0.1, -0.05) is 64.7 Å². The fourth-order valence-electron chi connectivity index (χ4n) is 5.79. The van der Waals surface area contributed by atoms with Gasteiger partial charge in [0.15, 0.2) is 0 Å². The van der Waals surface area contributed by atoms with Crippen molar-refractivity contribution in [2.24, 2.45) is 17.8 Å². The lowest BCUT2D eigenvalue weighted by atomic mass is 9.65. The molecule has 0 N–H and O–H groups in total. The molecule has 3 rings (SSSR count). The van der Waals surface area contributed by atoms with Crippen LogP contribution in [0.3, 0.4) is 0 Å². The molecule has 0 heterocycles. The minimum Gasteiger partial charge on any atom is -0.192 e. The molecule has 28 heavy (non-hydrogen) atoms. The van der Waals surface area contributed by atoms with Crippen molar-refractivity contribution < 1.29 is 0 Å². The van der Waals surface area contributed by atoms with Gasteiger partial charge in [-0.05, 0) is 89.3 Å². The zero-order chi connectivity index (χ0) is 20.6. The molecule has 0 saturated heterocycles. The molecule has 0 amide bonds. The molecule has 2 aliphatic carbocycles. The van der Waals surface area contributed by atoms with E-state index in [1.807, 2.05) is 12.2 Å². The topological polar surface area (TPSA) is 23.8 Å². The van der Waals surface area contributed by atoms with Gasteiger partial charge in [-0.2, -0.15) is 5.26 Å². The van der Waals surface area contributed by atoms with Crippen LogP contribution in [0, 0.1) is 42.9 Å². The van der Waals surface area contributed by atoms with Gasteiger partial charge in [-0.3, -0.25) is 0 Å². The summed E-state index contributed by atoms with van der Waals surface area (Å²) in [4.78, 5) is 0.